The number of hydrogen-bond acceptors (Lipinski definition) is 13. The van der Waals surface area contributed by atoms with E-state index >= 15 is 0 Å². The number of anilines is 1. The molecule has 3 heterocycles. The molecule has 0 spiro atoms. The van der Waals surface area contributed by atoms with E-state index in [9.17, 15) is 19.5 Å². The maximum Gasteiger partial charge on any atom is 0.245 e. The fraction of sp³-hybridized carbons (Fsp3) is 0.407. The second kappa shape index (κ2) is 24.6. The van der Waals surface area contributed by atoms with Gasteiger partial charge in [0.2, 0.25) is 29.5 Å². The number of likely N-dealkylation sites (N-methyl/N-ethyl adjacent to an activating group) is 1. The van der Waals surface area contributed by atoms with Crippen LogP contribution in [-0.4, -0.2) is 92.1 Å². The second-order valence-corrected chi connectivity index (χ2v) is 20.5. The molecule has 4 aromatic carbocycles. The molecule has 7 N–H and O–H groups in total. The molecular formula is C54H66BrN11O6. The van der Waals surface area contributed by atoms with Crippen molar-refractivity contribution in [3.05, 3.63) is 129 Å². The van der Waals surface area contributed by atoms with Crippen molar-refractivity contribution >= 4 is 62.1 Å². The lowest BCUT2D eigenvalue weighted by atomic mass is 9.88. The van der Waals surface area contributed by atoms with Gasteiger partial charge in [0, 0.05) is 63.5 Å². The smallest absolute Gasteiger partial charge is 0.245 e. The molecule has 0 saturated heterocycles. The number of carbonyl (C=O) groups is 3. The van der Waals surface area contributed by atoms with Gasteiger partial charge in [0.25, 0.3) is 0 Å². The van der Waals surface area contributed by atoms with Crippen molar-refractivity contribution in [2.24, 2.45) is 10.2 Å². The highest BCUT2D eigenvalue weighted by molar-refractivity contribution is 9.10. The van der Waals surface area contributed by atoms with E-state index in [1.807, 2.05) is 100 Å². The van der Waals surface area contributed by atoms with Crippen molar-refractivity contribution in [2.75, 3.05) is 39.0 Å². The zero-order valence-electron chi connectivity index (χ0n) is 41.8. The molecule has 1 atom stereocenters. The summed E-state index contributed by atoms with van der Waals surface area (Å²) in [6.07, 6.45) is 5.45. The summed E-state index contributed by atoms with van der Waals surface area (Å²) in [5, 5.41) is 28.4. The number of rotatable bonds is 23. The Balaban J connectivity index is 0.728. The summed E-state index contributed by atoms with van der Waals surface area (Å²) in [7, 11) is 2.13. The number of benzene rings is 4. The van der Waals surface area contributed by atoms with Crippen LogP contribution in [0.3, 0.4) is 0 Å². The first-order chi connectivity index (χ1) is 34.5. The van der Waals surface area contributed by atoms with Gasteiger partial charge in [0.1, 0.15) is 17.9 Å². The molecule has 17 nitrogen and oxygen atoms in total. The van der Waals surface area contributed by atoms with Crippen molar-refractivity contribution in [3.8, 4) is 11.6 Å². The summed E-state index contributed by atoms with van der Waals surface area (Å²) in [5.41, 5.74) is 13.7. The number of hydrogen-bond donors (Lipinski definition) is 6. The highest BCUT2D eigenvalue weighted by atomic mass is 79.9. The minimum absolute atomic E-state index is 0.0364. The third-order valence-corrected chi connectivity index (χ3v) is 13.3. The number of H-pyrrole nitrogens is 1. The van der Waals surface area contributed by atoms with Gasteiger partial charge in [-0.3, -0.25) is 14.4 Å². The van der Waals surface area contributed by atoms with Crippen molar-refractivity contribution in [1.29, 1.82) is 0 Å². The highest BCUT2D eigenvalue weighted by Gasteiger charge is 2.26. The van der Waals surface area contributed by atoms with Gasteiger partial charge in [-0.2, -0.15) is 20.2 Å². The Morgan fingerprint density at radius 1 is 0.861 bits per heavy atom. The minimum Gasteiger partial charge on any atom is -0.507 e. The van der Waals surface area contributed by atoms with Crippen molar-refractivity contribution in [3.63, 3.8) is 0 Å². The largest absolute Gasteiger partial charge is 0.507 e. The molecule has 0 bridgehead atoms. The van der Waals surface area contributed by atoms with Gasteiger partial charge in [-0.05, 0) is 153 Å². The average Bonchev–Trinajstić information content (AvgIpc) is 3.76. The lowest BCUT2D eigenvalue weighted by Gasteiger charge is -2.30. The fourth-order valence-corrected chi connectivity index (χ4v) is 8.80. The summed E-state index contributed by atoms with van der Waals surface area (Å²) in [5.74, 6) is 0.504. The van der Waals surface area contributed by atoms with E-state index in [4.69, 9.17) is 15.2 Å². The van der Waals surface area contributed by atoms with Gasteiger partial charge in [0.15, 0.2) is 5.65 Å². The summed E-state index contributed by atoms with van der Waals surface area (Å²) in [6.45, 7) is 11.2. The lowest BCUT2D eigenvalue weighted by molar-refractivity contribution is -0.125. The Kier molecular flexibility index (Phi) is 18.1. The number of nitrogen functional groups attached to an aromatic ring is 1. The molecule has 6 aromatic rings. The molecule has 0 radical (unpaired) electrons. The summed E-state index contributed by atoms with van der Waals surface area (Å²) < 4.78 is 12.8. The Hall–Kier alpha value is -6.76. The number of nitrogens with two attached hydrogens (primary N) is 1. The van der Waals surface area contributed by atoms with Crippen LogP contribution in [0.4, 0.5) is 17.3 Å². The maximum atomic E-state index is 12.8. The van der Waals surface area contributed by atoms with Crippen LogP contribution in [0.25, 0.3) is 11.2 Å². The number of aromatic hydroxyl groups is 1. The molecule has 1 aliphatic rings. The number of amides is 3. The van der Waals surface area contributed by atoms with Crippen LogP contribution in [-0.2, 0) is 45.1 Å². The zero-order chi connectivity index (χ0) is 51.3. The molecule has 2 aromatic heterocycles. The van der Waals surface area contributed by atoms with Gasteiger partial charge in [-0.25, -0.2) is 4.98 Å². The number of carbonyl (C=O) groups excluding carboxylic acids is 3. The van der Waals surface area contributed by atoms with Crippen molar-refractivity contribution in [1.82, 2.24) is 40.8 Å². The molecule has 0 unspecified atom stereocenters. The number of aromatic amines is 1. The first-order valence-corrected chi connectivity index (χ1v) is 25.2. The predicted molar refractivity (Wildman–Crippen MR) is 281 cm³/mol. The number of aromatic nitrogens is 4. The van der Waals surface area contributed by atoms with Gasteiger partial charge in [-0.15, -0.1) is 0 Å². The second-order valence-electron chi connectivity index (χ2n) is 19.6. The van der Waals surface area contributed by atoms with Crippen molar-refractivity contribution < 1.29 is 29.0 Å². The number of nitrogens with zero attached hydrogens (tertiary/aromatic N) is 6. The van der Waals surface area contributed by atoms with Gasteiger partial charge in [-0.1, -0.05) is 48.5 Å². The monoisotopic (exact) mass is 1040 g/mol. The van der Waals surface area contributed by atoms with E-state index in [1.165, 1.54) is 17.5 Å². The summed E-state index contributed by atoms with van der Waals surface area (Å²) in [6, 6.07) is 27.6. The first kappa shape index (κ1) is 53.0. The number of fused-ring (bicyclic) bond motifs is 2. The van der Waals surface area contributed by atoms with Crippen LogP contribution in [0.15, 0.2) is 106 Å². The Morgan fingerprint density at radius 3 is 2.26 bits per heavy atom. The molecule has 0 aliphatic carbocycles. The van der Waals surface area contributed by atoms with E-state index in [2.05, 4.69) is 86.1 Å². The van der Waals surface area contributed by atoms with Crippen LogP contribution in [0, 0.1) is 0 Å². The zero-order valence-corrected chi connectivity index (χ0v) is 43.4. The maximum absolute atomic E-state index is 12.8. The number of ether oxygens (including phenoxy) is 2. The van der Waals surface area contributed by atoms with Gasteiger partial charge in [0.05, 0.1) is 27.8 Å². The van der Waals surface area contributed by atoms with Crippen LogP contribution in [0.1, 0.15) is 106 Å². The molecular weight excluding hydrogens is 979 g/mol. The third-order valence-electron chi connectivity index (χ3n) is 12.7. The van der Waals surface area contributed by atoms with Crippen LogP contribution in [0.5, 0.6) is 11.6 Å². The summed E-state index contributed by atoms with van der Waals surface area (Å²) >= 11 is 3.48. The van der Waals surface area contributed by atoms with E-state index in [0.29, 0.717) is 68.8 Å². The van der Waals surface area contributed by atoms with Crippen LogP contribution < -0.4 is 26.4 Å². The van der Waals surface area contributed by atoms with E-state index in [-0.39, 0.29) is 54.8 Å². The van der Waals surface area contributed by atoms with Gasteiger partial charge < -0.3 is 46.1 Å². The lowest BCUT2D eigenvalue weighted by Crippen LogP contribution is -2.44. The SMILES string of the molecule is CN1CCc2cc(Br)c(O)cc2[C@@H](c2ccc(N=Nc3ccc(CCNC(=O)CCC(C)(C)OCCC(C)(C)NC(=O)CCCC(=O)NCc4ccc(COc5nc(N)nc6nc[nH]c56)cc4)cc3)cc2)C1. The first-order valence-electron chi connectivity index (χ1n) is 24.4. The van der Waals surface area contributed by atoms with E-state index in [0.717, 1.165) is 57.6 Å². The fourth-order valence-electron chi connectivity index (χ4n) is 8.41. The Bertz CT molecular complexity index is 2820. The predicted octanol–water partition coefficient (Wildman–Crippen LogP) is 9.02. The number of phenols is 1. The van der Waals surface area contributed by atoms with Crippen LogP contribution in [0.2, 0.25) is 0 Å². The molecule has 0 fully saturated rings. The average molecular weight is 1050 g/mol. The molecule has 18 heteroatoms. The molecule has 0 saturated carbocycles. The Morgan fingerprint density at radius 2 is 1.53 bits per heavy atom. The van der Waals surface area contributed by atoms with Gasteiger partial charge >= 0.3 is 0 Å². The van der Waals surface area contributed by atoms with E-state index < -0.39 is 11.1 Å². The number of azo groups is 1. The molecule has 7 rings (SSSR count). The number of halogens is 1. The normalized spacial score (nSPS) is 14.2. The highest BCUT2D eigenvalue weighted by Crippen LogP contribution is 2.37. The molecule has 72 heavy (non-hydrogen) atoms. The standard InChI is InChI=1S/C54H66BrN11O6/c1-53(2,63-48(70)8-6-7-46(68)58-31-36-9-11-37(12-10-36)33-71-51-49-50(60-34-59-49)61-52(56)62-51)25-28-72-54(3,4)24-21-47(69)57-26-22-35-13-17-40(18-14-35)64-65-41-19-15-38(16-20-41)43-32-66(5)27-23-39-29-44(55)45(67)30-42(39)43/h9-20,29-30,34,43,67H,6-8,21-28,31-33H2,1-5H3,(H,57,69)(H,58,68)(H,63,70)(H3,56,59,60,61,62)/t43-/m1/s1. The van der Waals surface area contributed by atoms with E-state index in [1.54, 1.807) is 0 Å². The number of nitrogens with one attached hydrogen (secondary N) is 4. The number of phenolic OH excluding ortho intramolecular Hbond substituents is 1. The van der Waals surface area contributed by atoms with Crippen LogP contribution >= 0.6 is 15.9 Å². The van der Waals surface area contributed by atoms with Crippen molar-refractivity contribution in [2.45, 2.75) is 109 Å². The third kappa shape index (κ3) is 15.9. The topological polar surface area (TPSA) is 234 Å². The Labute approximate surface area is 429 Å². The molecule has 380 valence electrons. The molecule has 3 amide bonds. The number of imidazole rings is 1. The molecule has 1 aliphatic heterocycles. The minimum atomic E-state index is -0.532. The quantitative estimate of drug-likeness (QED) is 0.0331. The summed E-state index contributed by atoms with van der Waals surface area (Å²) in [4.78, 5) is 55.7.